The van der Waals surface area contributed by atoms with Crippen LogP contribution < -0.4 is 5.73 Å². The molecule has 0 spiro atoms. The van der Waals surface area contributed by atoms with Gasteiger partial charge in [-0.2, -0.15) is 0 Å². The van der Waals surface area contributed by atoms with Crippen LogP contribution in [-0.2, 0) is 14.3 Å². The van der Waals surface area contributed by atoms with Crippen molar-refractivity contribution in [3.8, 4) is 0 Å². The number of rotatable bonds is 5. The van der Waals surface area contributed by atoms with E-state index < -0.39 is 6.04 Å². The summed E-state index contributed by atoms with van der Waals surface area (Å²) >= 11 is 0. The summed E-state index contributed by atoms with van der Waals surface area (Å²) in [5.74, 6) is 0.108. The molecule has 2 N–H and O–H groups in total. The maximum Gasteiger partial charge on any atom is 0.323 e. The summed E-state index contributed by atoms with van der Waals surface area (Å²) in [7, 11) is 0. The maximum atomic E-state index is 11.5. The lowest BCUT2D eigenvalue weighted by atomic mass is 10.0. The Morgan fingerprint density at radius 1 is 1.50 bits per heavy atom. The topological polar surface area (TPSA) is 61.6 Å². The Kier molecular flexibility index (Phi) is 5.77. The predicted molar refractivity (Wildman–Crippen MR) is 62.0 cm³/mol. The highest BCUT2D eigenvalue weighted by Crippen LogP contribution is 2.13. The summed E-state index contributed by atoms with van der Waals surface area (Å²) < 4.78 is 10.6. The molecule has 1 saturated heterocycles. The average Bonchev–Trinajstić information content (AvgIpc) is 2.26. The van der Waals surface area contributed by atoms with Gasteiger partial charge < -0.3 is 15.2 Å². The van der Waals surface area contributed by atoms with Gasteiger partial charge in [0, 0.05) is 6.61 Å². The van der Waals surface area contributed by atoms with Gasteiger partial charge in [-0.25, -0.2) is 0 Å². The van der Waals surface area contributed by atoms with Gasteiger partial charge in [0.2, 0.25) is 0 Å². The molecule has 1 aliphatic rings. The molecular formula is C12H23NO3. The van der Waals surface area contributed by atoms with Crippen LogP contribution >= 0.6 is 0 Å². The van der Waals surface area contributed by atoms with Gasteiger partial charge >= 0.3 is 5.97 Å². The van der Waals surface area contributed by atoms with Crippen molar-refractivity contribution in [1.29, 1.82) is 0 Å². The summed E-state index contributed by atoms with van der Waals surface area (Å²) in [4.78, 5) is 11.5. The van der Waals surface area contributed by atoms with E-state index in [1.54, 1.807) is 0 Å². The highest BCUT2D eigenvalue weighted by Gasteiger charge is 2.20. The Morgan fingerprint density at radius 2 is 2.25 bits per heavy atom. The van der Waals surface area contributed by atoms with Crippen LogP contribution in [0.25, 0.3) is 0 Å². The van der Waals surface area contributed by atoms with Gasteiger partial charge in [-0.15, -0.1) is 0 Å². The molecule has 0 amide bonds. The van der Waals surface area contributed by atoms with Crippen molar-refractivity contribution in [3.05, 3.63) is 0 Å². The van der Waals surface area contributed by atoms with Gasteiger partial charge in [0.1, 0.15) is 12.6 Å². The number of esters is 1. The molecule has 1 heterocycles. The first-order valence-electron chi connectivity index (χ1n) is 6.13. The molecule has 0 saturated carbocycles. The van der Waals surface area contributed by atoms with Gasteiger partial charge in [-0.3, -0.25) is 4.79 Å². The molecule has 16 heavy (non-hydrogen) atoms. The van der Waals surface area contributed by atoms with Gasteiger partial charge in [0.25, 0.3) is 0 Å². The van der Waals surface area contributed by atoms with E-state index in [2.05, 4.69) is 0 Å². The molecule has 0 aromatic rings. The quantitative estimate of drug-likeness (QED) is 0.725. The number of carbonyl (C=O) groups excluding carboxylic acids is 1. The summed E-state index contributed by atoms with van der Waals surface area (Å²) in [6.45, 7) is 5.21. The van der Waals surface area contributed by atoms with E-state index in [4.69, 9.17) is 15.2 Å². The van der Waals surface area contributed by atoms with Crippen LogP contribution in [0, 0.1) is 5.92 Å². The van der Waals surface area contributed by atoms with Crippen molar-refractivity contribution >= 4 is 5.97 Å². The maximum absolute atomic E-state index is 11.5. The molecule has 2 atom stereocenters. The summed E-state index contributed by atoms with van der Waals surface area (Å²) in [5.41, 5.74) is 5.72. The molecule has 0 bridgehead atoms. The Hall–Kier alpha value is -0.610. The number of nitrogens with two attached hydrogens (primary N) is 1. The minimum absolute atomic E-state index is 0.0731. The van der Waals surface area contributed by atoms with Crippen molar-refractivity contribution in [1.82, 2.24) is 0 Å². The first-order chi connectivity index (χ1) is 7.59. The SMILES string of the molecule is CC(C)C[C@H](N)C(=O)OCC1CCCCO1. The highest BCUT2D eigenvalue weighted by atomic mass is 16.6. The summed E-state index contributed by atoms with van der Waals surface area (Å²) in [6, 6.07) is -0.497. The minimum atomic E-state index is -0.497. The standard InChI is InChI=1S/C12H23NO3/c1-9(2)7-11(13)12(14)16-8-10-5-3-4-6-15-10/h9-11H,3-8,13H2,1-2H3/t10?,11-/m0/s1. The zero-order chi connectivity index (χ0) is 12.0. The molecule has 1 fully saturated rings. The summed E-state index contributed by atoms with van der Waals surface area (Å²) in [5, 5.41) is 0. The lowest BCUT2D eigenvalue weighted by molar-refractivity contribution is -0.151. The fourth-order valence-electron chi connectivity index (χ4n) is 1.83. The van der Waals surface area contributed by atoms with Crippen LogP contribution in [0.2, 0.25) is 0 Å². The minimum Gasteiger partial charge on any atom is -0.462 e. The van der Waals surface area contributed by atoms with E-state index in [1.807, 2.05) is 13.8 Å². The number of hydrogen-bond donors (Lipinski definition) is 1. The monoisotopic (exact) mass is 229 g/mol. The van der Waals surface area contributed by atoms with Gasteiger partial charge in [-0.1, -0.05) is 13.8 Å². The van der Waals surface area contributed by atoms with Crippen molar-refractivity contribution in [2.75, 3.05) is 13.2 Å². The average molecular weight is 229 g/mol. The number of ether oxygens (including phenoxy) is 2. The van der Waals surface area contributed by atoms with Gasteiger partial charge in [0.05, 0.1) is 6.10 Å². The third-order valence-corrected chi connectivity index (χ3v) is 2.71. The van der Waals surface area contributed by atoms with E-state index in [1.165, 1.54) is 0 Å². The second-order valence-electron chi connectivity index (χ2n) is 4.85. The zero-order valence-electron chi connectivity index (χ0n) is 10.3. The first kappa shape index (κ1) is 13.5. The van der Waals surface area contributed by atoms with E-state index in [9.17, 15) is 4.79 Å². The molecule has 0 aromatic carbocycles. The normalized spacial score (nSPS) is 23.1. The highest BCUT2D eigenvalue weighted by molar-refractivity contribution is 5.75. The van der Waals surface area contributed by atoms with E-state index in [0.29, 0.717) is 18.9 Å². The fraction of sp³-hybridized carbons (Fsp3) is 0.917. The van der Waals surface area contributed by atoms with Crippen LogP contribution in [0.3, 0.4) is 0 Å². The third-order valence-electron chi connectivity index (χ3n) is 2.71. The molecular weight excluding hydrogens is 206 g/mol. The number of carbonyl (C=O) groups is 1. The smallest absolute Gasteiger partial charge is 0.323 e. The van der Waals surface area contributed by atoms with Crippen molar-refractivity contribution in [3.63, 3.8) is 0 Å². The van der Waals surface area contributed by atoms with Crippen LogP contribution in [0.4, 0.5) is 0 Å². The largest absolute Gasteiger partial charge is 0.462 e. The van der Waals surface area contributed by atoms with Crippen molar-refractivity contribution in [2.24, 2.45) is 11.7 Å². The lowest BCUT2D eigenvalue weighted by Gasteiger charge is -2.23. The van der Waals surface area contributed by atoms with E-state index in [0.717, 1.165) is 25.9 Å². The van der Waals surface area contributed by atoms with Crippen LogP contribution in [0.1, 0.15) is 39.5 Å². The molecule has 0 aromatic heterocycles. The molecule has 1 aliphatic heterocycles. The molecule has 1 unspecified atom stereocenters. The molecule has 1 rings (SSSR count). The molecule has 4 heteroatoms. The second-order valence-corrected chi connectivity index (χ2v) is 4.85. The third kappa shape index (κ3) is 4.94. The molecule has 0 radical (unpaired) electrons. The Balaban J connectivity index is 2.17. The second kappa shape index (κ2) is 6.86. The Bertz CT molecular complexity index is 212. The molecule has 94 valence electrons. The first-order valence-corrected chi connectivity index (χ1v) is 6.13. The lowest BCUT2D eigenvalue weighted by Crippen LogP contribution is -2.36. The molecule has 4 nitrogen and oxygen atoms in total. The van der Waals surface area contributed by atoms with E-state index >= 15 is 0 Å². The van der Waals surface area contributed by atoms with E-state index in [-0.39, 0.29) is 12.1 Å². The van der Waals surface area contributed by atoms with Crippen LogP contribution in [0.15, 0.2) is 0 Å². The van der Waals surface area contributed by atoms with Crippen LogP contribution in [-0.4, -0.2) is 31.3 Å². The Labute approximate surface area is 97.5 Å². The fourth-order valence-corrected chi connectivity index (χ4v) is 1.83. The summed E-state index contributed by atoms with van der Waals surface area (Å²) in [6.07, 6.45) is 3.98. The zero-order valence-corrected chi connectivity index (χ0v) is 10.3. The van der Waals surface area contributed by atoms with Crippen LogP contribution in [0.5, 0.6) is 0 Å². The predicted octanol–water partition coefficient (Wildman–Crippen LogP) is 1.47. The van der Waals surface area contributed by atoms with Gasteiger partial charge in [0.15, 0.2) is 0 Å². The van der Waals surface area contributed by atoms with Gasteiger partial charge in [-0.05, 0) is 31.6 Å². The Morgan fingerprint density at radius 3 is 2.81 bits per heavy atom. The van der Waals surface area contributed by atoms with Crippen molar-refractivity contribution < 1.29 is 14.3 Å². The molecule has 0 aliphatic carbocycles. The van der Waals surface area contributed by atoms with Crippen molar-refractivity contribution in [2.45, 2.75) is 51.7 Å². The number of hydrogen-bond acceptors (Lipinski definition) is 4.